The summed E-state index contributed by atoms with van der Waals surface area (Å²) in [5.41, 5.74) is 1.90. The highest BCUT2D eigenvalue weighted by molar-refractivity contribution is 7.89. The molecule has 27 heavy (non-hydrogen) atoms. The Morgan fingerprint density at radius 1 is 1.22 bits per heavy atom. The van der Waals surface area contributed by atoms with Crippen LogP contribution in [0.1, 0.15) is 11.1 Å². The quantitative estimate of drug-likeness (QED) is 0.525. The van der Waals surface area contributed by atoms with Crippen molar-refractivity contribution in [3.05, 3.63) is 58.6 Å². The van der Waals surface area contributed by atoms with Gasteiger partial charge in [0.25, 0.3) is 0 Å². The van der Waals surface area contributed by atoms with Gasteiger partial charge in [0.1, 0.15) is 18.5 Å². The molecule has 0 aliphatic rings. The smallest absolute Gasteiger partial charge is 0.238 e. The number of aryl methyl sites for hydroxylation is 1. The third-order valence-corrected chi connectivity index (χ3v) is 4.95. The van der Waals surface area contributed by atoms with Crippen molar-refractivity contribution in [3.63, 3.8) is 0 Å². The van der Waals surface area contributed by atoms with Gasteiger partial charge in [-0.05, 0) is 61.3 Å². The Morgan fingerprint density at radius 2 is 1.89 bits per heavy atom. The Balaban J connectivity index is 0.00000364. The highest BCUT2D eigenvalue weighted by Crippen LogP contribution is 2.21. The highest BCUT2D eigenvalue weighted by atomic mass is 35.5. The number of aliphatic hydroxyl groups excluding tert-OH is 1. The summed E-state index contributed by atoms with van der Waals surface area (Å²) in [4.78, 5) is 0.0965. The third kappa shape index (κ3) is 8.04. The number of ether oxygens (including phenoxy) is 1. The van der Waals surface area contributed by atoms with Gasteiger partial charge in [-0.2, -0.15) is 0 Å². The minimum Gasteiger partial charge on any atom is -0.491 e. The van der Waals surface area contributed by atoms with Crippen molar-refractivity contribution in [2.45, 2.75) is 24.3 Å². The predicted octanol–water partition coefficient (Wildman–Crippen LogP) is 2.29. The first-order valence-corrected chi connectivity index (χ1v) is 10.1. The number of hydrogen-bond acceptors (Lipinski definition) is 5. The average Bonchev–Trinajstić information content (AvgIpc) is 2.57. The molecular weight excluding hydrogens is 411 g/mol. The molecule has 2 aromatic rings. The third-order valence-electron chi connectivity index (χ3n) is 3.79. The molecule has 9 heteroatoms. The molecule has 0 spiro atoms. The molecule has 1 atom stereocenters. The van der Waals surface area contributed by atoms with E-state index in [2.05, 4.69) is 5.32 Å². The summed E-state index contributed by atoms with van der Waals surface area (Å²) in [6, 6.07) is 11.8. The fourth-order valence-corrected chi connectivity index (χ4v) is 3.11. The maximum Gasteiger partial charge on any atom is 0.238 e. The molecule has 2 rings (SSSR count). The summed E-state index contributed by atoms with van der Waals surface area (Å²) in [6.45, 7) is 3.11. The zero-order chi connectivity index (χ0) is 19.2. The van der Waals surface area contributed by atoms with E-state index in [4.69, 9.17) is 21.5 Å². The van der Waals surface area contributed by atoms with Gasteiger partial charge in [-0.3, -0.25) is 0 Å². The van der Waals surface area contributed by atoms with Crippen molar-refractivity contribution in [2.75, 3.05) is 19.7 Å². The van der Waals surface area contributed by atoms with E-state index in [9.17, 15) is 13.5 Å². The van der Waals surface area contributed by atoms with E-state index in [0.29, 0.717) is 30.3 Å². The Kier molecular flexibility index (Phi) is 9.52. The van der Waals surface area contributed by atoms with Crippen LogP contribution >= 0.6 is 24.0 Å². The Hall–Kier alpha value is -1.35. The molecule has 2 aromatic carbocycles. The van der Waals surface area contributed by atoms with Crippen molar-refractivity contribution in [1.82, 2.24) is 5.32 Å². The summed E-state index contributed by atoms with van der Waals surface area (Å²) in [7, 11) is -3.66. The molecule has 0 amide bonds. The maximum atomic E-state index is 11.2. The number of primary sulfonamides is 1. The van der Waals surface area contributed by atoms with Gasteiger partial charge in [0, 0.05) is 11.6 Å². The molecular formula is C18H24Cl2N2O4S. The molecule has 0 fully saturated rings. The van der Waals surface area contributed by atoms with E-state index >= 15 is 0 Å². The van der Waals surface area contributed by atoms with E-state index in [1.54, 1.807) is 24.3 Å². The van der Waals surface area contributed by atoms with Crippen LogP contribution in [0.2, 0.25) is 5.02 Å². The van der Waals surface area contributed by atoms with E-state index in [-0.39, 0.29) is 23.9 Å². The molecule has 150 valence electrons. The summed E-state index contributed by atoms with van der Waals surface area (Å²) in [5.74, 6) is 0.698. The second-order valence-corrected chi connectivity index (χ2v) is 8.02. The van der Waals surface area contributed by atoms with Crippen LogP contribution < -0.4 is 15.2 Å². The van der Waals surface area contributed by atoms with E-state index in [1.807, 2.05) is 13.0 Å². The summed E-state index contributed by atoms with van der Waals surface area (Å²) < 4.78 is 28.0. The second-order valence-electron chi connectivity index (χ2n) is 6.02. The monoisotopic (exact) mass is 434 g/mol. The van der Waals surface area contributed by atoms with E-state index in [1.165, 1.54) is 12.1 Å². The molecule has 0 heterocycles. The Labute approximate surface area is 171 Å². The van der Waals surface area contributed by atoms with Crippen molar-refractivity contribution in [2.24, 2.45) is 5.14 Å². The lowest BCUT2D eigenvalue weighted by atomic mass is 10.1. The van der Waals surface area contributed by atoms with Gasteiger partial charge in [0.15, 0.2) is 0 Å². The lowest BCUT2D eigenvalue weighted by Gasteiger charge is -2.14. The molecule has 0 radical (unpaired) electrons. The van der Waals surface area contributed by atoms with Crippen LogP contribution in [0, 0.1) is 6.92 Å². The normalized spacial score (nSPS) is 12.3. The second kappa shape index (κ2) is 10.8. The zero-order valence-electron chi connectivity index (χ0n) is 14.9. The number of rotatable bonds is 9. The van der Waals surface area contributed by atoms with Gasteiger partial charge >= 0.3 is 0 Å². The molecule has 1 unspecified atom stereocenters. The number of nitrogens with one attached hydrogen (secondary N) is 1. The summed E-state index contributed by atoms with van der Waals surface area (Å²) in [5, 5.41) is 18.8. The topological polar surface area (TPSA) is 102 Å². The van der Waals surface area contributed by atoms with Crippen molar-refractivity contribution in [3.8, 4) is 5.75 Å². The minimum absolute atomic E-state index is 0. The fraction of sp³-hybridized carbons (Fsp3) is 0.333. The molecule has 0 saturated heterocycles. The molecule has 0 bridgehead atoms. The lowest BCUT2D eigenvalue weighted by Crippen LogP contribution is -2.32. The van der Waals surface area contributed by atoms with Gasteiger partial charge in [-0.15, -0.1) is 12.4 Å². The molecule has 0 saturated carbocycles. The van der Waals surface area contributed by atoms with Crippen LogP contribution in [0.4, 0.5) is 0 Å². The number of sulfonamides is 1. The first-order valence-electron chi connectivity index (χ1n) is 8.15. The van der Waals surface area contributed by atoms with Gasteiger partial charge in [0.2, 0.25) is 10.0 Å². The van der Waals surface area contributed by atoms with Gasteiger partial charge in [0.05, 0.1) is 4.90 Å². The first kappa shape index (κ1) is 23.7. The Bertz CT molecular complexity index is 830. The van der Waals surface area contributed by atoms with Crippen molar-refractivity contribution < 1.29 is 18.3 Å². The largest absolute Gasteiger partial charge is 0.491 e. The number of benzene rings is 2. The highest BCUT2D eigenvalue weighted by Gasteiger charge is 2.08. The minimum atomic E-state index is -3.66. The Morgan fingerprint density at radius 3 is 2.48 bits per heavy atom. The molecule has 4 N–H and O–H groups in total. The van der Waals surface area contributed by atoms with Gasteiger partial charge in [-0.1, -0.05) is 23.7 Å². The van der Waals surface area contributed by atoms with Crippen LogP contribution in [0.5, 0.6) is 5.75 Å². The SMILES string of the molecule is Cc1cc(Cl)ccc1OCC(O)CNCCc1ccc(S(N)(=O)=O)cc1.Cl. The van der Waals surface area contributed by atoms with E-state index in [0.717, 1.165) is 11.1 Å². The summed E-state index contributed by atoms with van der Waals surface area (Å²) >= 11 is 5.89. The average molecular weight is 435 g/mol. The number of halogens is 2. The van der Waals surface area contributed by atoms with Crippen molar-refractivity contribution >= 4 is 34.0 Å². The molecule has 0 aromatic heterocycles. The number of hydrogen-bond donors (Lipinski definition) is 3. The summed E-state index contributed by atoms with van der Waals surface area (Å²) in [6.07, 6.45) is 0.0595. The van der Waals surface area contributed by atoms with Crippen molar-refractivity contribution in [1.29, 1.82) is 0 Å². The van der Waals surface area contributed by atoms with Crippen LogP contribution in [-0.4, -0.2) is 39.3 Å². The van der Waals surface area contributed by atoms with Crippen LogP contribution in [0.15, 0.2) is 47.4 Å². The maximum absolute atomic E-state index is 11.2. The lowest BCUT2D eigenvalue weighted by molar-refractivity contribution is 0.106. The first-order chi connectivity index (χ1) is 12.3. The zero-order valence-corrected chi connectivity index (χ0v) is 17.3. The van der Waals surface area contributed by atoms with Crippen LogP contribution in [0.25, 0.3) is 0 Å². The number of aliphatic hydroxyl groups is 1. The van der Waals surface area contributed by atoms with Gasteiger partial charge < -0.3 is 15.2 Å². The van der Waals surface area contributed by atoms with Crippen LogP contribution in [0.3, 0.4) is 0 Å². The fourth-order valence-electron chi connectivity index (χ4n) is 2.37. The number of nitrogens with two attached hydrogens (primary N) is 1. The molecule has 6 nitrogen and oxygen atoms in total. The van der Waals surface area contributed by atoms with Gasteiger partial charge in [-0.25, -0.2) is 13.6 Å². The van der Waals surface area contributed by atoms with E-state index < -0.39 is 16.1 Å². The standard InChI is InChI=1S/C18H23ClN2O4S.ClH/c1-13-10-15(19)4-7-18(13)25-12-16(22)11-21-9-8-14-2-5-17(6-3-14)26(20,23)24;/h2-7,10,16,21-22H,8-9,11-12H2,1H3,(H2,20,23,24);1H. The molecule has 0 aliphatic heterocycles. The molecule has 0 aliphatic carbocycles. The predicted molar refractivity (Wildman–Crippen MR) is 109 cm³/mol. The van der Waals surface area contributed by atoms with Crippen LogP contribution in [-0.2, 0) is 16.4 Å².